The zero-order valence-corrected chi connectivity index (χ0v) is 4.74. The second kappa shape index (κ2) is 2.44. The molecule has 1 aliphatic rings. The second-order valence-corrected chi connectivity index (χ2v) is 1.75. The van der Waals surface area contributed by atoms with E-state index >= 15 is 0 Å². The minimum atomic E-state index is -0.553. The number of cyclic esters (lactones) is 1. The van der Waals surface area contributed by atoms with Gasteiger partial charge in [-0.05, 0) is 0 Å². The maximum atomic E-state index is 10.4. The molecule has 0 aromatic rings. The first-order chi connectivity index (χ1) is 4.33. The van der Waals surface area contributed by atoms with Crippen LogP contribution in [0.5, 0.6) is 0 Å². The zero-order valence-electron chi connectivity index (χ0n) is 4.74. The number of ether oxygens (including phenoxy) is 1. The number of rotatable bonds is 1. The molecule has 0 bridgehead atoms. The van der Waals surface area contributed by atoms with Crippen LogP contribution in [-0.2, 0) is 14.3 Å². The van der Waals surface area contributed by atoms with Crippen molar-refractivity contribution in [3.63, 3.8) is 0 Å². The first-order valence-corrected chi connectivity index (χ1v) is 2.65. The molecule has 0 fully saturated rings. The van der Waals surface area contributed by atoms with Crippen LogP contribution in [0.2, 0.25) is 0 Å². The molecule has 0 aromatic carbocycles. The van der Waals surface area contributed by atoms with Crippen molar-refractivity contribution in [3.05, 3.63) is 12.2 Å². The Kier molecular flexibility index (Phi) is 1.63. The van der Waals surface area contributed by atoms with Crippen molar-refractivity contribution in [2.45, 2.75) is 12.5 Å². The third-order valence-corrected chi connectivity index (χ3v) is 1.04. The van der Waals surface area contributed by atoms with Crippen LogP contribution in [0.25, 0.3) is 0 Å². The summed E-state index contributed by atoms with van der Waals surface area (Å²) >= 11 is 0. The van der Waals surface area contributed by atoms with Gasteiger partial charge >= 0.3 is 5.97 Å². The van der Waals surface area contributed by atoms with E-state index in [9.17, 15) is 9.59 Å². The lowest BCUT2D eigenvalue weighted by Gasteiger charge is -2.10. The van der Waals surface area contributed by atoms with Crippen LogP contribution >= 0.6 is 0 Å². The molecular formula is C6H6O3. The number of carbonyl (C=O) groups is 2. The van der Waals surface area contributed by atoms with E-state index in [1.165, 1.54) is 6.08 Å². The van der Waals surface area contributed by atoms with Crippen molar-refractivity contribution >= 4 is 12.3 Å². The lowest BCUT2D eigenvalue weighted by Crippen LogP contribution is -2.20. The predicted molar refractivity (Wildman–Crippen MR) is 29.7 cm³/mol. The fourth-order valence-electron chi connectivity index (χ4n) is 0.618. The number of hydrogen-bond acceptors (Lipinski definition) is 3. The summed E-state index contributed by atoms with van der Waals surface area (Å²) in [6, 6.07) is 0. The number of aldehydes is 1. The molecule has 1 rings (SSSR count). The number of esters is 1. The van der Waals surface area contributed by atoms with Gasteiger partial charge in [-0.15, -0.1) is 0 Å². The van der Waals surface area contributed by atoms with Gasteiger partial charge in [0.1, 0.15) is 0 Å². The molecule has 0 spiro atoms. The lowest BCUT2D eigenvalue weighted by atomic mass is 10.2. The maximum Gasteiger partial charge on any atom is 0.331 e. The summed E-state index contributed by atoms with van der Waals surface area (Å²) in [4.78, 5) is 20.4. The quantitative estimate of drug-likeness (QED) is 0.368. The average Bonchev–Trinajstić information content (AvgIpc) is 1.88. The largest absolute Gasteiger partial charge is 0.451 e. The highest BCUT2D eigenvalue weighted by atomic mass is 16.5. The summed E-state index contributed by atoms with van der Waals surface area (Å²) in [5.74, 6) is -0.432. The van der Waals surface area contributed by atoms with E-state index < -0.39 is 12.1 Å². The summed E-state index contributed by atoms with van der Waals surface area (Å²) in [7, 11) is 0. The number of hydrogen-bond donors (Lipinski definition) is 0. The summed E-state index contributed by atoms with van der Waals surface area (Å²) in [6.07, 6.45) is 3.53. The molecule has 0 saturated heterocycles. The second-order valence-electron chi connectivity index (χ2n) is 1.75. The van der Waals surface area contributed by atoms with E-state index in [2.05, 4.69) is 4.74 Å². The monoisotopic (exact) mass is 126 g/mol. The Morgan fingerprint density at radius 3 is 3.00 bits per heavy atom. The van der Waals surface area contributed by atoms with E-state index in [1.807, 2.05) is 0 Å². The van der Waals surface area contributed by atoms with Crippen molar-refractivity contribution < 1.29 is 14.3 Å². The number of carbonyl (C=O) groups excluding carboxylic acids is 2. The minimum absolute atomic E-state index is 0.432. The highest BCUT2D eigenvalue weighted by molar-refractivity contribution is 5.84. The normalized spacial score (nSPS) is 25.3. The first kappa shape index (κ1) is 6.01. The molecule has 0 aliphatic carbocycles. The Hall–Kier alpha value is -1.12. The van der Waals surface area contributed by atoms with Crippen molar-refractivity contribution in [1.82, 2.24) is 0 Å². The molecule has 3 nitrogen and oxygen atoms in total. The highest BCUT2D eigenvalue weighted by Crippen LogP contribution is 2.03. The average molecular weight is 126 g/mol. The molecule has 3 heteroatoms. The molecule has 0 N–H and O–H groups in total. The van der Waals surface area contributed by atoms with Crippen molar-refractivity contribution in [2.75, 3.05) is 0 Å². The van der Waals surface area contributed by atoms with Crippen LogP contribution in [0.15, 0.2) is 12.2 Å². The summed E-state index contributed by atoms with van der Waals surface area (Å²) in [5, 5.41) is 0. The summed E-state index contributed by atoms with van der Waals surface area (Å²) in [6.45, 7) is 0. The molecule has 48 valence electrons. The van der Waals surface area contributed by atoms with Gasteiger partial charge in [-0.25, -0.2) is 4.79 Å². The smallest absolute Gasteiger partial charge is 0.331 e. The Labute approximate surface area is 52.3 Å². The van der Waals surface area contributed by atoms with Crippen molar-refractivity contribution in [2.24, 2.45) is 0 Å². The van der Waals surface area contributed by atoms with Crippen molar-refractivity contribution in [1.29, 1.82) is 0 Å². The maximum absolute atomic E-state index is 10.4. The van der Waals surface area contributed by atoms with Crippen LogP contribution < -0.4 is 0 Å². The van der Waals surface area contributed by atoms with Crippen LogP contribution in [0.1, 0.15) is 6.42 Å². The van der Waals surface area contributed by atoms with Gasteiger partial charge in [0, 0.05) is 12.5 Å². The van der Waals surface area contributed by atoms with E-state index in [0.29, 0.717) is 12.7 Å². The SMILES string of the molecule is O=C[C@H]1CC=CC(=O)O1. The molecule has 9 heavy (non-hydrogen) atoms. The highest BCUT2D eigenvalue weighted by Gasteiger charge is 2.13. The topological polar surface area (TPSA) is 43.4 Å². The van der Waals surface area contributed by atoms with E-state index in [1.54, 1.807) is 6.08 Å². The van der Waals surface area contributed by atoms with Gasteiger partial charge in [0.25, 0.3) is 0 Å². The van der Waals surface area contributed by atoms with Crippen LogP contribution in [0.4, 0.5) is 0 Å². The van der Waals surface area contributed by atoms with E-state index in [0.717, 1.165) is 0 Å². The van der Waals surface area contributed by atoms with Gasteiger partial charge in [-0.1, -0.05) is 6.08 Å². The standard InChI is InChI=1S/C6H6O3/c7-4-5-2-1-3-6(8)9-5/h1,3-5H,2H2/t5-/m1/s1. The third-order valence-electron chi connectivity index (χ3n) is 1.04. The molecule has 0 saturated carbocycles. The zero-order chi connectivity index (χ0) is 6.69. The van der Waals surface area contributed by atoms with Crippen LogP contribution in [-0.4, -0.2) is 18.4 Å². The first-order valence-electron chi connectivity index (χ1n) is 2.65. The van der Waals surface area contributed by atoms with Crippen LogP contribution in [0.3, 0.4) is 0 Å². The van der Waals surface area contributed by atoms with E-state index in [4.69, 9.17) is 0 Å². The molecule has 0 amide bonds. The third kappa shape index (κ3) is 1.38. The minimum Gasteiger partial charge on any atom is -0.451 e. The summed E-state index contributed by atoms with van der Waals surface area (Å²) in [5.41, 5.74) is 0. The van der Waals surface area contributed by atoms with Gasteiger partial charge in [0.2, 0.25) is 0 Å². The molecule has 0 unspecified atom stereocenters. The molecular weight excluding hydrogens is 120 g/mol. The van der Waals surface area contributed by atoms with Crippen molar-refractivity contribution in [3.8, 4) is 0 Å². The van der Waals surface area contributed by atoms with Crippen LogP contribution in [0, 0.1) is 0 Å². The molecule has 1 aliphatic heterocycles. The molecule has 1 heterocycles. The summed E-state index contributed by atoms with van der Waals surface area (Å²) < 4.78 is 4.54. The fourth-order valence-corrected chi connectivity index (χ4v) is 0.618. The molecule has 1 atom stereocenters. The fraction of sp³-hybridized carbons (Fsp3) is 0.333. The Morgan fingerprint density at radius 1 is 1.78 bits per heavy atom. The van der Waals surface area contributed by atoms with Gasteiger partial charge < -0.3 is 4.74 Å². The Balaban J connectivity index is 2.56. The van der Waals surface area contributed by atoms with Gasteiger partial charge in [-0.3, -0.25) is 4.79 Å². The van der Waals surface area contributed by atoms with Gasteiger partial charge in [0.15, 0.2) is 12.4 Å². The van der Waals surface area contributed by atoms with Gasteiger partial charge in [-0.2, -0.15) is 0 Å². The predicted octanol–water partition coefficient (Wildman–Crippen LogP) is 0.0570. The Morgan fingerprint density at radius 2 is 2.56 bits per heavy atom. The molecule has 0 aromatic heterocycles. The lowest BCUT2D eigenvalue weighted by molar-refractivity contribution is -0.147. The van der Waals surface area contributed by atoms with E-state index in [-0.39, 0.29) is 0 Å². The van der Waals surface area contributed by atoms with Gasteiger partial charge in [0.05, 0.1) is 0 Å². The molecule has 0 radical (unpaired) electrons. The Bertz CT molecular complexity index is 160.